The van der Waals surface area contributed by atoms with Gasteiger partial charge in [-0.05, 0) is 48.9 Å². The lowest BCUT2D eigenvalue weighted by atomic mass is 10.1. The molecule has 6 nitrogen and oxygen atoms in total. The minimum atomic E-state index is -3.67. The van der Waals surface area contributed by atoms with Crippen LogP contribution >= 0.6 is 0 Å². The van der Waals surface area contributed by atoms with Gasteiger partial charge in [-0.15, -0.1) is 0 Å². The van der Waals surface area contributed by atoms with Crippen molar-refractivity contribution >= 4 is 27.3 Å². The average molecular weight is 407 g/mol. The topological polar surface area (TPSA) is 78.8 Å². The summed E-state index contributed by atoms with van der Waals surface area (Å²) < 4.78 is 26.6. The van der Waals surface area contributed by atoms with Gasteiger partial charge < -0.3 is 0 Å². The fourth-order valence-electron chi connectivity index (χ4n) is 2.66. The number of carbonyl (C=O) groups excluding carboxylic acids is 1. The quantitative estimate of drug-likeness (QED) is 0.500. The van der Waals surface area contributed by atoms with Crippen molar-refractivity contribution in [3.8, 4) is 0 Å². The number of nitrogens with one attached hydrogen (secondary N) is 1. The number of hydrazone groups is 1. The van der Waals surface area contributed by atoms with Gasteiger partial charge in [0.1, 0.15) is 0 Å². The van der Waals surface area contributed by atoms with Crippen LogP contribution in [0.3, 0.4) is 0 Å². The van der Waals surface area contributed by atoms with E-state index in [4.69, 9.17) is 0 Å². The maximum Gasteiger partial charge on any atom is 0.271 e. The zero-order valence-corrected chi connectivity index (χ0v) is 16.9. The molecule has 3 aromatic rings. The monoisotopic (exact) mass is 407 g/mol. The van der Waals surface area contributed by atoms with Crippen LogP contribution in [0.15, 0.2) is 94.9 Å². The van der Waals surface area contributed by atoms with Gasteiger partial charge in [0, 0.05) is 12.6 Å². The lowest BCUT2D eigenvalue weighted by molar-refractivity contribution is 0.0955. The van der Waals surface area contributed by atoms with E-state index in [1.807, 2.05) is 37.3 Å². The molecule has 1 amide bonds. The third kappa shape index (κ3) is 4.70. The lowest BCUT2D eigenvalue weighted by Gasteiger charge is -2.19. The van der Waals surface area contributed by atoms with Crippen molar-refractivity contribution in [3.63, 3.8) is 0 Å². The molecule has 0 unspecified atom stereocenters. The van der Waals surface area contributed by atoms with E-state index in [-0.39, 0.29) is 10.8 Å². The molecule has 3 rings (SSSR count). The number of rotatable bonds is 6. The molecule has 148 valence electrons. The van der Waals surface area contributed by atoms with Gasteiger partial charge >= 0.3 is 0 Å². The summed E-state index contributed by atoms with van der Waals surface area (Å²) in [5.41, 5.74) is 4.95. The Morgan fingerprint density at radius 1 is 0.828 bits per heavy atom. The summed E-state index contributed by atoms with van der Waals surface area (Å²) in [6.45, 7) is 1.81. The second-order valence-electron chi connectivity index (χ2n) is 6.34. The fraction of sp³-hybridized carbons (Fsp3) is 0.0909. The standard InChI is InChI=1S/C22H21N3O3S/c1-17(18-9-5-3-6-10-18)23-24-22(26)19-13-15-20(16-14-19)25(2)29(27,28)21-11-7-4-8-12-21/h3-16H,1-2H3,(H,24,26)/b23-17+. The maximum absolute atomic E-state index is 12.7. The van der Waals surface area contributed by atoms with Crippen LogP contribution in [-0.4, -0.2) is 27.1 Å². The average Bonchev–Trinajstić information content (AvgIpc) is 2.78. The zero-order chi connectivity index (χ0) is 20.9. The Kier molecular flexibility index (Phi) is 6.09. The minimum absolute atomic E-state index is 0.204. The molecule has 0 spiro atoms. The molecular formula is C22H21N3O3S. The highest BCUT2D eigenvalue weighted by atomic mass is 32.2. The summed E-state index contributed by atoms with van der Waals surface area (Å²) in [6, 6.07) is 24.0. The first-order valence-corrected chi connectivity index (χ1v) is 10.4. The highest BCUT2D eigenvalue weighted by molar-refractivity contribution is 7.92. The highest BCUT2D eigenvalue weighted by Crippen LogP contribution is 2.22. The second-order valence-corrected chi connectivity index (χ2v) is 8.31. The molecule has 0 fully saturated rings. The predicted octanol–water partition coefficient (Wildman–Crippen LogP) is 3.67. The van der Waals surface area contributed by atoms with Gasteiger partial charge in [0.05, 0.1) is 16.3 Å². The summed E-state index contributed by atoms with van der Waals surface area (Å²) in [5.74, 6) is -0.375. The number of hydrogen-bond acceptors (Lipinski definition) is 4. The molecule has 0 aliphatic heterocycles. The van der Waals surface area contributed by atoms with Crippen LogP contribution in [0.2, 0.25) is 0 Å². The van der Waals surface area contributed by atoms with Crippen molar-refractivity contribution in [2.24, 2.45) is 5.10 Å². The zero-order valence-electron chi connectivity index (χ0n) is 16.1. The Morgan fingerprint density at radius 2 is 1.38 bits per heavy atom. The number of carbonyl (C=O) groups is 1. The van der Waals surface area contributed by atoms with Gasteiger partial charge in [-0.25, -0.2) is 13.8 Å². The first-order chi connectivity index (χ1) is 13.9. The van der Waals surface area contributed by atoms with Gasteiger partial charge in [-0.1, -0.05) is 48.5 Å². The van der Waals surface area contributed by atoms with Crippen molar-refractivity contribution in [3.05, 3.63) is 96.1 Å². The highest BCUT2D eigenvalue weighted by Gasteiger charge is 2.21. The van der Waals surface area contributed by atoms with E-state index in [1.54, 1.807) is 54.6 Å². The van der Waals surface area contributed by atoms with Crippen molar-refractivity contribution in [2.45, 2.75) is 11.8 Å². The molecule has 0 heterocycles. The summed E-state index contributed by atoms with van der Waals surface area (Å²) in [6.07, 6.45) is 0. The molecule has 0 atom stereocenters. The largest absolute Gasteiger partial charge is 0.271 e. The third-order valence-electron chi connectivity index (χ3n) is 4.41. The van der Waals surface area contributed by atoms with Crippen molar-refractivity contribution in [1.82, 2.24) is 5.43 Å². The number of benzene rings is 3. The van der Waals surface area contributed by atoms with Gasteiger partial charge in [0.2, 0.25) is 0 Å². The van der Waals surface area contributed by atoms with E-state index < -0.39 is 10.0 Å². The van der Waals surface area contributed by atoms with Crippen molar-refractivity contribution in [1.29, 1.82) is 0 Å². The minimum Gasteiger partial charge on any atom is -0.269 e. The SMILES string of the molecule is C/C(=N\NC(=O)c1ccc(N(C)S(=O)(=O)c2ccccc2)cc1)c1ccccc1. The molecule has 1 N–H and O–H groups in total. The lowest BCUT2D eigenvalue weighted by Crippen LogP contribution is -2.26. The van der Waals surface area contributed by atoms with Crippen LogP contribution in [0.4, 0.5) is 5.69 Å². The Balaban J connectivity index is 1.72. The second kappa shape index (κ2) is 8.70. The van der Waals surface area contributed by atoms with E-state index in [0.717, 1.165) is 5.56 Å². The summed E-state index contributed by atoms with van der Waals surface area (Å²) in [5, 5.41) is 4.12. The molecule has 0 saturated carbocycles. The maximum atomic E-state index is 12.7. The molecule has 7 heteroatoms. The van der Waals surface area contributed by atoms with Crippen LogP contribution in [-0.2, 0) is 10.0 Å². The normalized spacial score (nSPS) is 11.7. The van der Waals surface area contributed by atoms with Gasteiger partial charge in [-0.3, -0.25) is 9.10 Å². The Bertz CT molecular complexity index is 1110. The molecule has 0 saturated heterocycles. The molecule has 0 aromatic heterocycles. The fourth-order valence-corrected chi connectivity index (χ4v) is 3.87. The predicted molar refractivity (Wildman–Crippen MR) is 115 cm³/mol. The first-order valence-electron chi connectivity index (χ1n) is 8.93. The summed E-state index contributed by atoms with van der Waals surface area (Å²) in [4.78, 5) is 12.5. The molecule has 0 aliphatic rings. The number of anilines is 1. The van der Waals surface area contributed by atoms with E-state index in [2.05, 4.69) is 10.5 Å². The summed E-state index contributed by atoms with van der Waals surface area (Å²) in [7, 11) is -2.19. The number of hydrogen-bond donors (Lipinski definition) is 1. The van der Waals surface area contributed by atoms with Gasteiger partial charge in [0.25, 0.3) is 15.9 Å². The molecule has 0 bridgehead atoms. The van der Waals surface area contributed by atoms with E-state index in [9.17, 15) is 13.2 Å². The van der Waals surface area contributed by atoms with Crippen LogP contribution in [0, 0.1) is 0 Å². The molecular weight excluding hydrogens is 386 g/mol. The smallest absolute Gasteiger partial charge is 0.269 e. The first kappa shape index (κ1) is 20.3. The Labute approximate surface area is 170 Å². The van der Waals surface area contributed by atoms with Crippen LogP contribution < -0.4 is 9.73 Å². The van der Waals surface area contributed by atoms with Gasteiger partial charge in [0.15, 0.2) is 0 Å². The third-order valence-corrected chi connectivity index (χ3v) is 6.21. The van der Waals surface area contributed by atoms with Gasteiger partial charge in [-0.2, -0.15) is 5.10 Å². The number of sulfonamides is 1. The van der Waals surface area contributed by atoms with Crippen LogP contribution in [0.5, 0.6) is 0 Å². The molecule has 29 heavy (non-hydrogen) atoms. The van der Waals surface area contributed by atoms with E-state index in [0.29, 0.717) is 17.0 Å². The van der Waals surface area contributed by atoms with Crippen LogP contribution in [0.25, 0.3) is 0 Å². The number of amides is 1. The van der Waals surface area contributed by atoms with Crippen molar-refractivity contribution in [2.75, 3.05) is 11.4 Å². The molecule has 3 aromatic carbocycles. The number of nitrogens with zero attached hydrogens (tertiary/aromatic N) is 2. The summed E-state index contributed by atoms with van der Waals surface area (Å²) >= 11 is 0. The Morgan fingerprint density at radius 3 is 1.97 bits per heavy atom. The van der Waals surface area contributed by atoms with Crippen LogP contribution in [0.1, 0.15) is 22.8 Å². The van der Waals surface area contributed by atoms with Crippen molar-refractivity contribution < 1.29 is 13.2 Å². The van der Waals surface area contributed by atoms with E-state index in [1.165, 1.54) is 11.4 Å². The Hall–Kier alpha value is -3.45. The molecule has 0 aliphatic carbocycles. The van der Waals surface area contributed by atoms with E-state index >= 15 is 0 Å². The molecule has 0 radical (unpaired) electrons.